The summed E-state index contributed by atoms with van der Waals surface area (Å²) in [7, 11) is 0. The summed E-state index contributed by atoms with van der Waals surface area (Å²) in [5.74, 6) is -5.59. The maximum absolute atomic E-state index is 12.6. The molecular formula is C17H31N5O8S. The fraction of sp³-hybridized carbons (Fsp3) is 0.706. The first-order chi connectivity index (χ1) is 14.4. The van der Waals surface area contributed by atoms with Crippen LogP contribution in [0.4, 0.5) is 0 Å². The summed E-state index contributed by atoms with van der Waals surface area (Å²) in [4.78, 5) is 59.4. The number of aliphatic carboxylic acids is 2. The molecule has 0 rings (SSSR count). The smallest absolute Gasteiger partial charge is 0.328 e. The molecule has 0 heterocycles. The number of hydrogen-bond donors (Lipinski definition) is 9. The average molecular weight is 466 g/mol. The Labute approximate surface area is 184 Å². The number of carboxylic acids is 2. The zero-order valence-electron chi connectivity index (χ0n) is 17.1. The highest BCUT2D eigenvalue weighted by Gasteiger charge is 2.32. The molecule has 13 nitrogen and oxygen atoms in total. The number of carbonyl (C=O) groups excluding carboxylic acids is 3. The van der Waals surface area contributed by atoms with Gasteiger partial charge in [-0.25, -0.2) is 4.79 Å². The Hall–Kier alpha value is -2.42. The fourth-order valence-corrected chi connectivity index (χ4v) is 2.59. The van der Waals surface area contributed by atoms with E-state index in [4.69, 9.17) is 21.7 Å². The van der Waals surface area contributed by atoms with Crippen molar-refractivity contribution in [2.75, 3.05) is 12.3 Å². The number of thiol groups is 1. The van der Waals surface area contributed by atoms with Gasteiger partial charge in [0.15, 0.2) is 6.04 Å². The SMILES string of the molecule is C[C@@H](O)[C@H](NC(=O)[C@H](CCCCN)NC(=O)[C@H](CC(=O)O)NC(=O)[C@@H](N)CS)C(=O)O. The minimum Gasteiger partial charge on any atom is -0.481 e. The molecule has 3 amide bonds. The summed E-state index contributed by atoms with van der Waals surface area (Å²) in [6.45, 7) is 1.48. The van der Waals surface area contributed by atoms with E-state index in [0.29, 0.717) is 19.4 Å². The Morgan fingerprint density at radius 1 is 0.935 bits per heavy atom. The molecular weight excluding hydrogens is 434 g/mol. The van der Waals surface area contributed by atoms with Crippen LogP contribution in [0.3, 0.4) is 0 Å². The molecule has 0 aromatic carbocycles. The number of nitrogens with one attached hydrogen (secondary N) is 3. The number of nitrogens with two attached hydrogens (primary N) is 2. The Morgan fingerprint density at radius 3 is 1.94 bits per heavy atom. The van der Waals surface area contributed by atoms with Gasteiger partial charge >= 0.3 is 11.9 Å². The number of amides is 3. The van der Waals surface area contributed by atoms with Crippen molar-refractivity contribution in [3.63, 3.8) is 0 Å². The average Bonchev–Trinajstić information content (AvgIpc) is 2.68. The van der Waals surface area contributed by atoms with Crippen molar-refractivity contribution in [2.24, 2.45) is 11.5 Å². The van der Waals surface area contributed by atoms with E-state index >= 15 is 0 Å². The van der Waals surface area contributed by atoms with Crippen LogP contribution in [-0.4, -0.2) is 87.5 Å². The number of carbonyl (C=O) groups is 5. The molecule has 0 fully saturated rings. The van der Waals surface area contributed by atoms with Crippen molar-refractivity contribution in [1.29, 1.82) is 0 Å². The summed E-state index contributed by atoms with van der Waals surface area (Å²) in [6, 6.07) is -5.50. The topological polar surface area (TPSA) is 234 Å². The van der Waals surface area contributed by atoms with E-state index in [0.717, 1.165) is 0 Å². The van der Waals surface area contributed by atoms with Crippen LogP contribution in [0.1, 0.15) is 32.6 Å². The number of aliphatic hydroxyl groups is 1. The molecule has 0 saturated carbocycles. The Balaban J connectivity index is 5.47. The highest BCUT2D eigenvalue weighted by Crippen LogP contribution is 2.05. The molecule has 0 aromatic rings. The lowest BCUT2D eigenvalue weighted by Crippen LogP contribution is -2.58. The van der Waals surface area contributed by atoms with Gasteiger partial charge in [-0.2, -0.15) is 12.6 Å². The van der Waals surface area contributed by atoms with Crippen molar-refractivity contribution >= 4 is 42.3 Å². The molecule has 0 aliphatic rings. The number of unbranched alkanes of at least 4 members (excludes halogenated alkanes) is 1. The van der Waals surface area contributed by atoms with Gasteiger partial charge in [-0.1, -0.05) is 0 Å². The third-order valence-corrected chi connectivity index (χ3v) is 4.56. The molecule has 31 heavy (non-hydrogen) atoms. The maximum atomic E-state index is 12.6. The molecule has 0 aromatic heterocycles. The van der Waals surface area contributed by atoms with E-state index in [1.165, 1.54) is 6.92 Å². The second kappa shape index (κ2) is 14.6. The van der Waals surface area contributed by atoms with Crippen LogP contribution >= 0.6 is 12.6 Å². The lowest BCUT2D eigenvalue weighted by molar-refractivity contribution is -0.145. The molecule has 10 N–H and O–H groups in total. The van der Waals surface area contributed by atoms with E-state index in [9.17, 15) is 29.1 Å². The zero-order valence-corrected chi connectivity index (χ0v) is 18.0. The van der Waals surface area contributed by atoms with Crippen LogP contribution in [-0.2, 0) is 24.0 Å². The summed E-state index contributed by atoms with van der Waals surface area (Å²) >= 11 is 3.86. The van der Waals surface area contributed by atoms with Crippen molar-refractivity contribution in [3.8, 4) is 0 Å². The number of carboxylic acid groups (broad SMARTS) is 2. The van der Waals surface area contributed by atoms with E-state index in [1.54, 1.807) is 0 Å². The summed E-state index contributed by atoms with van der Waals surface area (Å²) in [6.07, 6.45) is -1.24. The van der Waals surface area contributed by atoms with Crippen LogP contribution in [0.5, 0.6) is 0 Å². The summed E-state index contributed by atoms with van der Waals surface area (Å²) in [5, 5.41) is 34.3. The molecule has 0 aliphatic carbocycles. The van der Waals surface area contributed by atoms with Gasteiger partial charge in [0, 0.05) is 5.75 Å². The highest BCUT2D eigenvalue weighted by molar-refractivity contribution is 7.80. The van der Waals surface area contributed by atoms with Gasteiger partial charge in [0.05, 0.1) is 18.6 Å². The molecule has 0 spiro atoms. The normalized spacial score (nSPS) is 15.6. The van der Waals surface area contributed by atoms with Crippen LogP contribution in [0, 0.1) is 0 Å². The number of hydrogen-bond acceptors (Lipinski definition) is 9. The third-order valence-electron chi connectivity index (χ3n) is 4.17. The van der Waals surface area contributed by atoms with Crippen LogP contribution in [0.15, 0.2) is 0 Å². The molecule has 5 atom stereocenters. The Kier molecular flexibility index (Phi) is 13.4. The molecule has 0 aliphatic heterocycles. The van der Waals surface area contributed by atoms with E-state index in [1.807, 2.05) is 0 Å². The predicted molar refractivity (Wildman–Crippen MR) is 112 cm³/mol. The maximum Gasteiger partial charge on any atom is 0.328 e. The molecule has 0 unspecified atom stereocenters. The number of rotatable bonds is 15. The van der Waals surface area contributed by atoms with Gasteiger partial charge < -0.3 is 42.7 Å². The largest absolute Gasteiger partial charge is 0.481 e. The molecule has 0 radical (unpaired) electrons. The van der Waals surface area contributed by atoms with Crippen LogP contribution < -0.4 is 27.4 Å². The highest BCUT2D eigenvalue weighted by atomic mass is 32.1. The summed E-state index contributed by atoms with van der Waals surface area (Å²) < 4.78 is 0. The second-order valence-corrected chi connectivity index (χ2v) is 7.22. The van der Waals surface area contributed by atoms with Gasteiger partial charge in [0.1, 0.15) is 12.1 Å². The molecule has 178 valence electrons. The molecule has 0 bridgehead atoms. The van der Waals surface area contributed by atoms with Crippen molar-refractivity contribution in [2.45, 2.75) is 62.9 Å². The third kappa shape index (κ3) is 11.0. The van der Waals surface area contributed by atoms with Gasteiger partial charge in [-0.15, -0.1) is 0 Å². The van der Waals surface area contributed by atoms with Gasteiger partial charge in [-0.05, 0) is 32.7 Å². The van der Waals surface area contributed by atoms with Crippen LogP contribution in [0.2, 0.25) is 0 Å². The Morgan fingerprint density at radius 2 is 1.48 bits per heavy atom. The van der Waals surface area contributed by atoms with E-state index < -0.39 is 66.4 Å². The number of aliphatic hydroxyl groups excluding tert-OH is 1. The van der Waals surface area contributed by atoms with Crippen molar-refractivity contribution in [1.82, 2.24) is 16.0 Å². The van der Waals surface area contributed by atoms with Gasteiger partial charge in [0.25, 0.3) is 0 Å². The second-order valence-electron chi connectivity index (χ2n) is 6.86. The van der Waals surface area contributed by atoms with E-state index in [-0.39, 0.29) is 12.2 Å². The lowest BCUT2D eigenvalue weighted by atomic mass is 10.1. The predicted octanol–water partition coefficient (Wildman–Crippen LogP) is -3.23. The zero-order chi connectivity index (χ0) is 24.1. The first-order valence-electron chi connectivity index (χ1n) is 9.54. The molecule has 14 heteroatoms. The van der Waals surface area contributed by atoms with Crippen LogP contribution in [0.25, 0.3) is 0 Å². The van der Waals surface area contributed by atoms with E-state index in [2.05, 4.69) is 28.6 Å². The lowest BCUT2D eigenvalue weighted by Gasteiger charge is -2.25. The Bertz CT molecular complexity index is 648. The van der Waals surface area contributed by atoms with Crippen molar-refractivity contribution < 1.29 is 39.3 Å². The first kappa shape index (κ1) is 28.6. The first-order valence-corrected chi connectivity index (χ1v) is 10.2. The fourth-order valence-electron chi connectivity index (χ4n) is 2.42. The van der Waals surface area contributed by atoms with Gasteiger partial charge in [-0.3, -0.25) is 19.2 Å². The monoisotopic (exact) mass is 465 g/mol. The molecule has 0 saturated heterocycles. The minimum atomic E-state index is -1.62. The van der Waals surface area contributed by atoms with Crippen molar-refractivity contribution in [3.05, 3.63) is 0 Å². The van der Waals surface area contributed by atoms with Gasteiger partial charge in [0.2, 0.25) is 17.7 Å². The standard InChI is InChI=1S/C17H31N5O8S/c1-8(23)13(17(29)30)22-15(27)10(4-2-3-5-18)20-16(28)11(6-12(24)25)21-14(26)9(19)7-31/h8-11,13,23,31H,2-7,18-19H2,1H3,(H,20,28)(H,21,26)(H,22,27)(H,24,25)(H,29,30)/t8-,9+,10+,11+,13+/m1/s1. The quantitative estimate of drug-likeness (QED) is 0.0865. The minimum absolute atomic E-state index is 0.0483. The summed E-state index contributed by atoms with van der Waals surface area (Å²) in [5.41, 5.74) is 10.9.